The van der Waals surface area contributed by atoms with Gasteiger partial charge in [-0.05, 0) is 29.3 Å². The molecule has 0 saturated carbocycles. The topological polar surface area (TPSA) is 80.1 Å². The van der Waals surface area contributed by atoms with Gasteiger partial charge >= 0.3 is 0 Å². The molecule has 27 heavy (non-hydrogen) atoms. The molecule has 1 aromatic carbocycles. The molecule has 6 nitrogen and oxygen atoms in total. The number of fused-ring (bicyclic) bond motifs is 3. The van der Waals surface area contributed by atoms with Crippen LogP contribution in [0.2, 0.25) is 0 Å². The lowest BCUT2D eigenvalue weighted by Crippen LogP contribution is -2.35. The standard InChI is InChI=1S/C21H21N5O/c22-20-10-17-18-9-16(11-24-21(18)25-19(17)12-23-20)15-3-1-2-14(8-15)13-26-4-6-27-7-5-26/h1-3,8-12H,4-7,13H2,(H2,22,23)(H,24,25). The van der Waals surface area contributed by atoms with Gasteiger partial charge in [-0.3, -0.25) is 4.90 Å². The van der Waals surface area contributed by atoms with Crippen LogP contribution < -0.4 is 5.73 Å². The summed E-state index contributed by atoms with van der Waals surface area (Å²) in [6.45, 7) is 4.56. The number of rotatable bonds is 3. The molecule has 5 rings (SSSR count). The van der Waals surface area contributed by atoms with Crippen LogP contribution in [-0.4, -0.2) is 46.2 Å². The highest BCUT2D eigenvalue weighted by Crippen LogP contribution is 2.29. The van der Waals surface area contributed by atoms with Gasteiger partial charge in [0.1, 0.15) is 11.5 Å². The SMILES string of the molecule is Nc1cc2c(cn1)[nH]c1ncc(-c3cccc(CN4CCOCC4)c3)cc12. The number of anilines is 1. The van der Waals surface area contributed by atoms with E-state index in [0.29, 0.717) is 5.82 Å². The van der Waals surface area contributed by atoms with Gasteiger partial charge in [-0.1, -0.05) is 18.2 Å². The van der Waals surface area contributed by atoms with E-state index in [2.05, 4.69) is 50.2 Å². The van der Waals surface area contributed by atoms with Crippen molar-refractivity contribution >= 4 is 27.8 Å². The summed E-state index contributed by atoms with van der Waals surface area (Å²) in [5.41, 5.74) is 11.3. The highest BCUT2D eigenvalue weighted by Gasteiger charge is 2.12. The zero-order chi connectivity index (χ0) is 18.2. The van der Waals surface area contributed by atoms with Crippen molar-refractivity contribution in [1.82, 2.24) is 19.9 Å². The molecule has 4 aromatic rings. The number of aromatic nitrogens is 3. The Hall–Kier alpha value is -2.96. The Labute approximate surface area is 157 Å². The van der Waals surface area contributed by atoms with Crippen molar-refractivity contribution in [3.63, 3.8) is 0 Å². The molecular weight excluding hydrogens is 338 g/mol. The Morgan fingerprint density at radius 3 is 2.78 bits per heavy atom. The molecule has 3 aromatic heterocycles. The van der Waals surface area contributed by atoms with Gasteiger partial charge < -0.3 is 15.5 Å². The third-order valence-corrected chi connectivity index (χ3v) is 5.13. The van der Waals surface area contributed by atoms with Crippen LogP contribution in [-0.2, 0) is 11.3 Å². The van der Waals surface area contributed by atoms with Gasteiger partial charge in [0.15, 0.2) is 0 Å². The van der Waals surface area contributed by atoms with Crippen LogP contribution in [0.1, 0.15) is 5.56 Å². The van der Waals surface area contributed by atoms with Crippen molar-refractivity contribution in [2.75, 3.05) is 32.0 Å². The summed E-state index contributed by atoms with van der Waals surface area (Å²) < 4.78 is 5.44. The zero-order valence-electron chi connectivity index (χ0n) is 15.0. The molecule has 0 spiro atoms. The molecule has 0 amide bonds. The second kappa shape index (κ2) is 6.64. The molecular formula is C21H21N5O. The van der Waals surface area contributed by atoms with Crippen LogP contribution >= 0.6 is 0 Å². The van der Waals surface area contributed by atoms with Gasteiger partial charge in [-0.2, -0.15) is 0 Å². The van der Waals surface area contributed by atoms with E-state index < -0.39 is 0 Å². The predicted octanol–water partition coefficient (Wildman–Crippen LogP) is 3.19. The molecule has 1 aliphatic heterocycles. The van der Waals surface area contributed by atoms with Crippen LogP contribution in [0.4, 0.5) is 5.82 Å². The summed E-state index contributed by atoms with van der Waals surface area (Å²) in [6, 6.07) is 12.8. The minimum Gasteiger partial charge on any atom is -0.384 e. The van der Waals surface area contributed by atoms with E-state index in [4.69, 9.17) is 10.5 Å². The number of nitrogens with two attached hydrogens (primary N) is 1. The van der Waals surface area contributed by atoms with E-state index in [-0.39, 0.29) is 0 Å². The van der Waals surface area contributed by atoms with Crippen LogP contribution in [0, 0.1) is 0 Å². The van der Waals surface area contributed by atoms with Crippen LogP contribution in [0.15, 0.2) is 48.8 Å². The molecule has 1 saturated heterocycles. The quantitative estimate of drug-likeness (QED) is 0.587. The van der Waals surface area contributed by atoms with Crippen molar-refractivity contribution < 1.29 is 4.74 Å². The van der Waals surface area contributed by atoms with Crippen LogP contribution in [0.25, 0.3) is 33.1 Å². The number of ether oxygens (including phenoxy) is 1. The summed E-state index contributed by atoms with van der Waals surface area (Å²) >= 11 is 0. The van der Waals surface area contributed by atoms with Gasteiger partial charge in [0.05, 0.1) is 24.9 Å². The third kappa shape index (κ3) is 3.13. The maximum atomic E-state index is 5.87. The Balaban J connectivity index is 1.52. The van der Waals surface area contributed by atoms with E-state index in [9.17, 15) is 0 Å². The van der Waals surface area contributed by atoms with Gasteiger partial charge in [-0.15, -0.1) is 0 Å². The number of H-pyrrole nitrogens is 1. The highest BCUT2D eigenvalue weighted by molar-refractivity contribution is 6.07. The number of benzene rings is 1. The third-order valence-electron chi connectivity index (χ3n) is 5.13. The van der Waals surface area contributed by atoms with Crippen molar-refractivity contribution in [2.24, 2.45) is 0 Å². The summed E-state index contributed by atoms with van der Waals surface area (Å²) in [5.74, 6) is 0.515. The number of hydrogen-bond donors (Lipinski definition) is 2. The maximum absolute atomic E-state index is 5.87. The number of nitrogens with zero attached hydrogens (tertiary/aromatic N) is 3. The summed E-state index contributed by atoms with van der Waals surface area (Å²) in [7, 11) is 0. The monoisotopic (exact) mass is 359 g/mol. The average molecular weight is 359 g/mol. The minimum atomic E-state index is 0.515. The molecule has 0 unspecified atom stereocenters. The van der Waals surface area contributed by atoms with E-state index in [1.165, 1.54) is 11.1 Å². The summed E-state index contributed by atoms with van der Waals surface area (Å²) in [4.78, 5) is 14.5. The Morgan fingerprint density at radius 2 is 1.89 bits per heavy atom. The number of pyridine rings is 2. The molecule has 0 aliphatic carbocycles. The normalized spacial score (nSPS) is 15.6. The fourth-order valence-corrected chi connectivity index (χ4v) is 3.72. The highest BCUT2D eigenvalue weighted by atomic mass is 16.5. The van der Waals surface area contributed by atoms with Crippen LogP contribution in [0.3, 0.4) is 0 Å². The van der Waals surface area contributed by atoms with Crippen LogP contribution in [0.5, 0.6) is 0 Å². The number of hydrogen-bond acceptors (Lipinski definition) is 5. The fraction of sp³-hybridized carbons (Fsp3) is 0.238. The predicted molar refractivity (Wildman–Crippen MR) is 107 cm³/mol. The molecule has 0 radical (unpaired) electrons. The van der Waals surface area contributed by atoms with Gasteiger partial charge in [-0.25, -0.2) is 9.97 Å². The van der Waals surface area contributed by atoms with E-state index in [1.807, 2.05) is 12.3 Å². The molecule has 0 bridgehead atoms. The van der Waals surface area contributed by atoms with Crippen molar-refractivity contribution in [2.45, 2.75) is 6.54 Å². The first-order valence-corrected chi connectivity index (χ1v) is 9.19. The first-order chi connectivity index (χ1) is 13.3. The number of aromatic amines is 1. The zero-order valence-corrected chi connectivity index (χ0v) is 15.0. The number of nitrogen functional groups attached to an aromatic ring is 1. The lowest BCUT2D eigenvalue weighted by atomic mass is 10.0. The van der Waals surface area contributed by atoms with Crippen molar-refractivity contribution in [1.29, 1.82) is 0 Å². The fourth-order valence-electron chi connectivity index (χ4n) is 3.72. The van der Waals surface area contributed by atoms with Gasteiger partial charge in [0.25, 0.3) is 0 Å². The molecule has 4 heterocycles. The number of morpholine rings is 1. The average Bonchev–Trinajstić information content (AvgIpc) is 3.06. The lowest BCUT2D eigenvalue weighted by molar-refractivity contribution is 0.0342. The molecule has 0 atom stereocenters. The van der Waals surface area contributed by atoms with E-state index in [0.717, 1.165) is 60.3 Å². The van der Waals surface area contributed by atoms with E-state index >= 15 is 0 Å². The van der Waals surface area contributed by atoms with Crippen molar-refractivity contribution in [3.05, 3.63) is 54.4 Å². The lowest BCUT2D eigenvalue weighted by Gasteiger charge is -2.26. The Morgan fingerprint density at radius 1 is 1.00 bits per heavy atom. The number of nitrogens with one attached hydrogen (secondary N) is 1. The van der Waals surface area contributed by atoms with E-state index in [1.54, 1.807) is 6.20 Å². The first-order valence-electron chi connectivity index (χ1n) is 9.19. The van der Waals surface area contributed by atoms with Gasteiger partial charge in [0, 0.05) is 42.2 Å². The van der Waals surface area contributed by atoms with Crippen molar-refractivity contribution in [3.8, 4) is 11.1 Å². The first kappa shape index (κ1) is 16.2. The summed E-state index contributed by atoms with van der Waals surface area (Å²) in [6.07, 6.45) is 3.68. The molecule has 3 N–H and O–H groups in total. The molecule has 1 fully saturated rings. The Kier molecular flexibility index (Phi) is 3.99. The molecule has 136 valence electrons. The second-order valence-electron chi connectivity index (χ2n) is 6.99. The molecule has 6 heteroatoms. The minimum absolute atomic E-state index is 0.515. The van der Waals surface area contributed by atoms with Gasteiger partial charge in [0.2, 0.25) is 0 Å². The second-order valence-corrected chi connectivity index (χ2v) is 6.99. The molecule has 1 aliphatic rings. The smallest absolute Gasteiger partial charge is 0.138 e. The summed E-state index contributed by atoms with van der Waals surface area (Å²) in [5, 5.41) is 2.12. The maximum Gasteiger partial charge on any atom is 0.138 e. The Bertz CT molecular complexity index is 1110. The largest absolute Gasteiger partial charge is 0.384 e.